The smallest absolute Gasteiger partial charge is 0.321 e. The quantitative estimate of drug-likeness (QED) is 0.457. The number of rotatable bonds is 2. The average Bonchev–Trinajstić information content (AvgIpc) is 2.93. The van der Waals surface area contributed by atoms with E-state index in [9.17, 15) is 9.90 Å². The number of carbonyl (C=O) groups excluding carboxylic acids is 1. The first-order valence-corrected chi connectivity index (χ1v) is 5.42. The van der Waals surface area contributed by atoms with Crippen molar-refractivity contribution in [1.29, 1.82) is 0 Å². The van der Waals surface area contributed by atoms with E-state index >= 15 is 0 Å². The zero-order valence-corrected chi connectivity index (χ0v) is 9.36. The van der Waals surface area contributed by atoms with Gasteiger partial charge >= 0.3 is 5.97 Å². The molecule has 1 aliphatic heterocycles. The van der Waals surface area contributed by atoms with Crippen molar-refractivity contribution in [1.82, 2.24) is 0 Å². The van der Waals surface area contributed by atoms with Crippen molar-refractivity contribution in [3.63, 3.8) is 0 Å². The van der Waals surface area contributed by atoms with Crippen LogP contribution in [-0.2, 0) is 14.3 Å². The monoisotopic (exact) mass is 282 g/mol. The molecule has 0 bridgehead atoms. The highest BCUT2D eigenvalue weighted by Gasteiger charge is 2.54. The average molecular weight is 284 g/mol. The zero-order chi connectivity index (χ0) is 10.3. The van der Waals surface area contributed by atoms with Crippen LogP contribution in [0.2, 0.25) is 0 Å². The van der Waals surface area contributed by atoms with Crippen molar-refractivity contribution < 1.29 is 19.4 Å². The summed E-state index contributed by atoms with van der Waals surface area (Å²) in [5.41, 5.74) is 0. The van der Waals surface area contributed by atoms with Gasteiger partial charge in [-0.25, -0.2) is 0 Å². The molecule has 0 aromatic heterocycles. The lowest BCUT2D eigenvalue weighted by Gasteiger charge is -2.18. The predicted molar refractivity (Wildman–Crippen MR) is 52.3 cm³/mol. The van der Waals surface area contributed by atoms with Gasteiger partial charge in [0.2, 0.25) is 0 Å². The minimum absolute atomic E-state index is 0.179. The summed E-state index contributed by atoms with van der Waals surface area (Å²) in [5.74, 6) is -0.666. The number of carbonyl (C=O) groups is 1. The molecule has 1 N–H and O–H groups in total. The van der Waals surface area contributed by atoms with E-state index in [0.717, 1.165) is 0 Å². The molecular formula is C8H8BrClO4. The SMILES string of the molecule is O=C(CCl)O[C@H]1C=C(Br)[C@@H](O)[C@H]2O[C@H]21. The Labute approximate surface area is 93.9 Å². The van der Waals surface area contributed by atoms with E-state index in [1.807, 2.05) is 0 Å². The summed E-state index contributed by atoms with van der Waals surface area (Å²) in [6.45, 7) is 0. The lowest BCUT2D eigenvalue weighted by Crippen LogP contribution is -2.32. The van der Waals surface area contributed by atoms with Gasteiger partial charge in [0, 0.05) is 4.48 Å². The van der Waals surface area contributed by atoms with Crippen molar-refractivity contribution in [3.8, 4) is 0 Å². The fourth-order valence-corrected chi connectivity index (χ4v) is 2.03. The number of hydrogen-bond donors (Lipinski definition) is 1. The first kappa shape index (κ1) is 10.4. The number of epoxide rings is 1. The zero-order valence-electron chi connectivity index (χ0n) is 7.02. The van der Waals surface area contributed by atoms with Crippen molar-refractivity contribution >= 4 is 33.5 Å². The normalized spacial score (nSPS) is 39.8. The Balaban J connectivity index is 2.03. The molecule has 78 valence electrons. The maximum absolute atomic E-state index is 10.9. The topological polar surface area (TPSA) is 59.1 Å². The van der Waals surface area contributed by atoms with Crippen LogP contribution in [0.1, 0.15) is 0 Å². The van der Waals surface area contributed by atoms with E-state index in [2.05, 4.69) is 15.9 Å². The molecule has 2 aliphatic rings. The predicted octanol–water partition coefficient (Wildman–Crippen LogP) is 0.558. The van der Waals surface area contributed by atoms with Gasteiger partial charge in [0.25, 0.3) is 0 Å². The molecule has 0 amide bonds. The Morgan fingerprint density at radius 3 is 3.07 bits per heavy atom. The number of ether oxygens (including phenoxy) is 2. The maximum Gasteiger partial charge on any atom is 0.321 e. The molecule has 4 atom stereocenters. The first-order chi connectivity index (χ1) is 6.63. The van der Waals surface area contributed by atoms with Crippen LogP contribution in [0, 0.1) is 0 Å². The summed E-state index contributed by atoms with van der Waals surface area (Å²) < 4.78 is 10.8. The van der Waals surface area contributed by atoms with Gasteiger partial charge < -0.3 is 14.6 Å². The van der Waals surface area contributed by atoms with Crippen LogP contribution in [0.3, 0.4) is 0 Å². The fraction of sp³-hybridized carbons (Fsp3) is 0.625. The van der Waals surface area contributed by atoms with Gasteiger partial charge in [0.05, 0.1) is 0 Å². The Kier molecular flexibility index (Phi) is 2.83. The molecule has 2 rings (SSSR count). The van der Waals surface area contributed by atoms with E-state index in [-0.39, 0.29) is 18.1 Å². The maximum atomic E-state index is 10.9. The van der Waals surface area contributed by atoms with E-state index in [4.69, 9.17) is 21.1 Å². The van der Waals surface area contributed by atoms with Crippen molar-refractivity contribution in [2.24, 2.45) is 0 Å². The summed E-state index contributed by atoms with van der Waals surface area (Å²) in [4.78, 5) is 10.9. The summed E-state index contributed by atoms with van der Waals surface area (Å²) in [7, 11) is 0. The number of aliphatic hydroxyl groups excluding tert-OH is 1. The molecule has 1 heterocycles. The third-order valence-electron chi connectivity index (χ3n) is 2.18. The van der Waals surface area contributed by atoms with E-state index in [1.165, 1.54) is 0 Å². The van der Waals surface area contributed by atoms with Gasteiger partial charge in [-0.15, -0.1) is 11.6 Å². The van der Waals surface area contributed by atoms with Crippen LogP contribution in [0.4, 0.5) is 0 Å². The molecule has 1 aliphatic carbocycles. The van der Waals surface area contributed by atoms with E-state index in [1.54, 1.807) is 6.08 Å². The molecule has 0 radical (unpaired) electrons. The van der Waals surface area contributed by atoms with Gasteiger partial charge in [-0.2, -0.15) is 0 Å². The lowest BCUT2D eigenvalue weighted by molar-refractivity contribution is -0.144. The molecule has 1 fully saturated rings. The summed E-state index contributed by atoms with van der Waals surface area (Å²) in [6, 6.07) is 0. The standard InChI is InChI=1S/C8H8BrClO4/c9-3-1-4(13-5(11)2-10)7-8(14-7)6(3)12/h1,4,6-8,12H,2H2/t4-,6+,7-,8+/m0/s1. The van der Waals surface area contributed by atoms with Crippen molar-refractivity contribution in [2.45, 2.75) is 24.4 Å². The van der Waals surface area contributed by atoms with Gasteiger partial charge in [-0.1, -0.05) is 15.9 Å². The van der Waals surface area contributed by atoms with Gasteiger partial charge in [-0.05, 0) is 6.08 Å². The second-order valence-corrected chi connectivity index (χ2v) is 4.33. The van der Waals surface area contributed by atoms with Gasteiger partial charge in [-0.3, -0.25) is 4.79 Å². The number of esters is 1. The van der Waals surface area contributed by atoms with Crippen LogP contribution < -0.4 is 0 Å². The Morgan fingerprint density at radius 2 is 2.43 bits per heavy atom. The second kappa shape index (κ2) is 3.81. The molecular weight excluding hydrogens is 275 g/mol. The molecule has 0 unspecified atom stereocenters. The second-order valence-electron chi connectivity index (χ2n) is 3.15. The number of hydrogen-bond acceptors (Lipinski definition) is 4. The lowest BCUT2D eigenvalue weighted by atomic mass is 10.0. The Bertz CT molecular complexity index is 293. The third kappa shape index (κ3) is 1.82. The van der Waals surface area contributed by atoms with Crippen LogP contribution in [0.25, 0.3) is 0 Å². The number of halogens is 2. The molecule has 0 aromatic carbocycles. The molecule has 14 heavy (non-hydrogen) atoms. The molecule has 0 aromatic rings. The highest BCUT2D eigenvalue weighted by atomic mass is 79.9. The summed E-state index contributed by atoms with van der Waals surface area (Å²) >= 11 is 8.48. The van der Waals surface area contributed by atoms with E-state index < -0.39 is 18.2 Å². The number of fused-ring (bicyclic) bond motifs is 1. The summed E-state index contributed by atoms with van der Waals surface area (Å²) in [5, 5.41) is 9.49. The highest BCUT2D eigenvalue weighted by Crippen LogP contribution is 2.39. The molecule has 0 saturated carbocycles. The molecule has 0 spiro atoms. The minimum atomic E-state index is -0.647. The van der Waals surface area contributed by atoms with E-state index in [0.29, 0.717) is 4.48 Å². The number of alkyl halides is 1. The largest absolute Gasteiger partial charge is 0.454 e. The molecule has 1 saturated heterocycles. The fourth-order valence-electron chi connectivity index (χ4n) is 1.45. The van der Waals surface area contributed by atoms with Crippen LogP contribution in [0.15, 0.2) is 10.6 Å². The van der Waals surface area contributed by atoms with Crippen molar-refractivity contribution in [2.75, 3.05) is 5.88 Å². The molecule has 4 nitrogen and oxygen atoms in total. The Hall–Kier alpha value is -0.100. The first-order valence-electron chi connectivity index (χ1n) is 4.09. The highest BCUT2D eigenvalue weighted by molar-refractivity contribution is 9.11. The van der Waals surface area contributed by atoms with Crippen LogP contribution >= 0.6 is 27.5 Å². The molecule has 6 heteroatoms. The third-order valence-corrected chi connectivity index (χ3v) is 3.13. The van der Waals surface area contributed by atoms with Gasteiger partial charge in [0.1, 0.15) is 30.3 Å². The van der Waals surface area contributed by atoms with Gasteiger partial charge in [0.15, 0.2) is 0 Å². The van der Waals surface area contributed by atoms with Crippen LogP contribution in [0.5, 0.6) is 0 Å². The van der Waals surface area contributed by atoms with Crippen LogP contribution in [-0.4, -0.2) is 41.4 Å². The minimum Gasteiger partial charge on any atom is -0.454 e. The summed E-state index contributed by atoms with van der Waals surface area (Å²) in [6.07, 6.45) is 0.0551. The Morgan fingerprint density at radius 1 is 1.71 bits per heavy atom. The number of aliphatic hydroxyl groups is 1. The van der Waals surface area contributed by atoms with Crippen molar-refractivity contribution in [3.05, 3.63) is 10.6 Å².